The smallest absolute Gasteiger partial charge is 0.165 e. The van der Waals surface area contributed by atoms with E-state index in [-0.39, 0.29) is 12.4 Å². The highest BCUT2D eigenvalue weighted by Crippen LogP contribution is 2.20. The highest BCUT2D eigenvalue weighted by Gasteiger charge is 2.19. The molecule has 3 nitrogen and oxygen atoms in total. The predicted octanol–water partition coefficient (Wildman–Crippen LogP) is 1.44. The van der Waals surface area contributed by atoms with Crippen LogP contribution in [-0.4, -0.2) is 23.9 Å². The third kappa shape index (κ3) is 3.15. The maximum absolute atomic E-state index is 13.2. The van der Waals surface area contributed by atoms with Crippen LogP contribution < -0.4 is 10.5 Å². The standard InChI is InChI=1S/C11H15F2NO2/c1-2-9(14)11(6-15)16-10-5-7(12)3-4-8(10)13/h3-5,9,11,15H,2,6,14H2,1H3. The molecule has 0 bridgehead atoms. The minimum Gasteiger partial charge on any atom is -0.483 e. The fourth-order valence-electron chi connectivity index (χ4n) is 1.25. The van der Waals surface area contributed by atoms with E-state index < -0.39 is 23.8 Å². The van der Waals surface area contributed by atoms with Crippen molar-refractivity contribution in [1.82, 2.24) is 0 Å². The van der Waals surface area contributed by atoms with Gasteiger partial charge in [-0.2, -0.15) is 0 Å². The molecule has 0 aliphatic heterocycles. The van der Waals surface area contributed by atoms with Crippen molar-refractivity contribution in [2.45, 2.75) is 25.5 Å². The Balaban J connectivity index is 2.81. The average molecular weight is 231 g/mol. The quantitative estimate of drug-likeness (QED) is 0.806. The zero-order chi connectivity index (χ0) is 12.1. The van der Waals surface area contributed by atoms with Gasteiger partial charge in [0.2, 0.25) is 0 Å². The van der Waals surface area contributed by atoms with Gasteiger partial charge in [0, 0.05) is 12.1 Å². The average Bonchev–Trinajstić information content (AvgIpc) is 2.29. The molecule has 0 saturated carbocycles. The molecular formula is C11H15F2NO2. The molecule has 1 rings (SSSR count). The molecule has 0 saturated heterocycles. The van der Waals surface area contributed by atoms with Gasteiger partial charge >= 0.3 is 0 Å². The molecular weight excluding hydrogens is 216 g/mol. The first kappa shape index (κ1) is 12.9. The Morgan fingerprint density at radius 1 is 1.44 bits per heavy atom. The van der Waals surface area contributed by atoms with Crippen molar-refractivity contribution in [2.24, 2.45) is 5.73 Å². The number of ether oxygens (including phenoxy) is 1. The molecule has 16 heavy (non-hydrogen) atoms. The van der Waals surface area contributed by atoms with Crippen LogP contribution in [0.2, 0.25) is 0 Å². The van der Waals surface area contributed by atoms with Crippen LogP contribution in [-0.2, 0) is 0 Å². The van der Waals surface area contributed by atoms with Crippen molar-refractivity contribution in [2.75, 3.05) is 6.61 Å². The molecule has 0 spiro atoms. The first-order valence-electron chi connectivity index (χ1n) is 5.06. The lowest BCUT2D eigenvalue weighted by atomic mass is 10.1. The zero-order valence-electron chi connectivity index (χ0n) is 8.99. The summed E-state index contributed by atoms with van der Waals surface area (Å²) in [6.45, 7) is 1.48. The van der Waals surface area contributed by atoms with Gasteiger partial charge in [0.05, 0.1) is 6.61 Å². The molecule has 3 N–H and O–H groups in total. The molecule has 0 aromatic heterocycles. The van der Waals surface area contributed by atoms with Crippen molar-refractivity contribution in [3.05, 3.63) is 29.8 Å². The molecule has 0 heterocycles. The molecule has 0 fully saturated rings. The SMILES string of the molecule is CCC(N)C(CO)Oc1cc(F)ccc1F. The van der Waals surface area contributed by atoms with Crippen LogP contribution in [0.4, 0.5) is 8.78 Å². The van der Waals surface area contributed by atoms with E-state index in [1.54, 1.807) is 0 Å². The van der Waals surface area contributed by atoms with E-state index in [2.05, 4.69) is 0 Å². The van der Waals surface area contributed by atoms with Crippen LogP contribution in [0.5, 0.6) is 5.75 Å². The maximum atomic E-state index is 13.2. The lowest BCUT2D eigenvalue weighted by Gasteiger charge is -2.22. The van der Waals surface area contributed by atoms with Crippen LogP contribution in [0.25, 0.3) is 0 Å². The van der Waals surface area contributed by atoms with Crippen molar-refractivity contribution >= 4 is 0 Å². The number of aliphatic hydroxyl groups is 1. The summed E-state index contributed by atoms with van der Waals surface area (Å²) in [7, 11) is 0. The second-order valence-electron chi connectivity index (χ2n) is 3.49. The van der Waals surface area contributed by atoms with Gasteiger partial charge in [0.15, 0.2) is 11.6 Å². The van der Waals surface area contributed by atoms with Crippen LogP contribution in [0.3, 0.4) is 0 Å². The van der Waals surface area contributed by atoms with Crippen molar-refractivity contribution in [3.8, 4) is 5.75 Å². The van der Waals surface area contributed by atoms with Gasteiger partial charge in [-0.25, -0.2) is 8.78 Å². The Morgan fingerprint density at radius 2 is 2.12 bits per heavy atom. The number of hydrogen-bond acceptors (Lipinski definition) is 3. The predicted molar refractivity (Wildman–Crippen MR) is 56.1 cm³/mol. The summed E-state index contributed by atoms with van der Waals surface area (Å²) in [6.07, 6.45) is -0.163. The van der Waals surface area contributed by atoms with E-state index in [1.165, 1.54) is 0 Å². The largest absolute Gasteiger partial charge is 0.483 e. The van der Waals surface area contributed by atoms with Crippen LogP contribution in [0.15, 0.2) is 18.2 Å². The van der Waals surface area contributed by atoms with Crippen LogP contribution in [0.1, 0.15) is 13.3 Å². The molecule has 1 aromatic rings. The summed E-state index contributed by atoms with van der Waals surface area (Å²) in [5.74, 6) is -1.51. The highest BCUT2D eigenvalue weighted by atomic mass is 19.1. The number of nitrogens with two attached hydrogens (primary N) is 1. The molecule has 0 aliphatic rings. The second kappa shape index (κ2) is 5.77. The first-order valence-corrected chi connectivity index (χ1v) is 5.06. The Morgan fingerprint density at radius 3 is 2.69 bits per heavy atom. The van der Waals surface area contributed by atoms with E-state index in [1.807, 2.05) is 6.92 Å². The van der Waals surface area contributed by atoms with Gasteiger partial charge in [-0.3, -0.25) is 0 Å². The van der Waals surface area contributed by atoms with Gasteiger partial charge in [0.25, 0.3) is 0 Å². The van der Waals surface area contributed by atoms with E-state index in [0.29, 0.717) is 6.42 Å². The van der Waals surface area contributed by atoms with E-state index in [4.69, 9.17) is 15.6 Å². The van der Waals surface area contributed by atoms with Gasteiger partial charge in [-0.1, -0.05) is 6.92 Å². The number of benzene rings is 1. The van der Waals surface area contributed by atoms with Gasteiger partial charge in [-0.05, 0) is 18.6 Å². The molecule has 0 amide bonds. The van der Waals surface area contributed by atoms with Gasteiger partial charge in [-0.15, -0.1) is 0 Å². The Hall–Kier alpha value is -1.20. The summed E-state index contributed by atoms with van der Waals surface area (Å²) in [4.78, 5) is 0. The topological polar surface area (TPSA) is 55.5 Å². The lowest BCUT2D eigenvalue weighted by molar-refractivity contribution is 0.0893. The number of halogens is 2. The Bertz CT molecular complexity index is 347. The fourth-order valence-corrected chi connectivity index (χ4v) is 1.25. The second-order valence-corrected chi connectivity index (χ2v) is 3.49. The summed E-state index contributed by atoms with van der Waals surface area (Å²) in [6, 6.07) is 2.47. The Kier molecular flexibility index (Phi) is 4.64. The fraction of sp³-hybridized carbons (Fsp3) is 0.455. The third-order valence-corrected chi connectivity index (χ3v) is 2.30. The van der Waals surface area contributed by atoms with E-state index >= 15 is 0 Å². The van der Waals surface area contributed by atoms with Crippen molar-refractivity contribution in [3.63, 3.8) is 0 Å². The normalized spacial score (nSPS) is 14.6. The minimum atomic E-state index is -0.735. The van der Waals surface area contributed by atoms with Crippen molar-refractivity contribution in [1.29, 1.82) is 0 Å². The number of aliphatic hydroxyl groups excluding tert-OH is 1. The van der Waals surface area contributed by atoms with E-state index in [9.17, 15) is 8.78 Å². The van der Waals surface area contributed by atoms with Crippen LogP contribution >= 0.6 is 0 Å². The molecule has 1 aromatic carbocycles. The summed E-state index contributed by atoms with van der Waals surface area (Å²) < 4.78 is 31.2. The molecule has 5 heteroatoms. The molecule has 0 aliphatic carbocycles. The van der Waals surface area contributed by atoms with E-state index in [0.717, 1.165) is 18.2 Å². The lowest BCUT2D eigenvalue weighted by Crippen LogP contribution is -2.41. The molecule has 0 radical (unpaired) electrons. The molecule has 90 valence electrons. The first-order chi connectivity index (χ1) is 7.58. The number of rotatable bonds is 5. The summed E-state index contributed by atoms with van der Waals surface area (Å²) in [5.41, 5.74) is 5.66. The zero-order valence-corrected chi connectivity index (χ0v) is 8.99. The highest BCUT2D eigenvalue weighted by molar-refractivity contribution is 5.25. The molecule has 2 unspecified atom stereocenters. The van der Waals surface area contributed by atoms with Gasteiger partial charge < -0.3 is 15.6 Å². The summed E-state index contributed by atoms with van der Waals surface area (Å²) >= 11 is 0. The van der Waals surface area contributed by atoms with Gasteiger partial charge in [0.1, 0.15) is 11.9 Å². The number of hydrogen-bond donors (Lipinski definition) is 2. The Labute approximate surface area is 92.8 Å². The van der Waals surface area contributed by atoms with Crippen LogP contribution in [0, 0.1) is 11.6 Å². The third-order valence-electron chi connectivity index (χ3n) is 2.30. The summed E-state index contributed by atoms with van der Waals surface area (Å²) in [5, 5.41) is 9.03. The molecule has 2 atom stereocenters. The minimum absolute atomic E-state index is 0.233. The van der Waals surface area contributed by atoms with Crippen molar-refractivity contribution < 1.29 is 18.6 Å². The maximum Gasteiger partial charge on any atom is 0.165 e. The monoisotopic (exact) mass is 231 g/mol.